The zero-order valence-electron chi connectivity index (χ0n) is 10.3. The maximum atomic E-state index is 13.5. The molecule has 0 radical (unpaired) electrons. The zero-order valence-corrected chi connectivity index (χ0v) is 11.1. The number of carbonyl (C=O) groups excluding carboxylic acids is 1. The third-order valence-corrected chi connectivity index (χ3v) is 2.87. The van der Waals surface area contributed by atoms with Gasteiger partial charge in [-0.05, 0) is 18.2 Å². The van der Waals surface area contributed by atoms with Crippen molar-refractivity contribution < 1.29 is 27.4 Å². The second kappa shape index (κ2) is 6.74. The molecule has 1 rings (SSSR count). The Balaban J connectivity index is 2.89. The number of hydrogen-bond acceptors (Lipinski definition) is 5. The summed E-state index contributed by atoms with van der Waals surface area (Å²) >= 11 is 0. The SMILES string of the molecule is COC(=O)NS(=O)(=O)Nc1ccc(C#CCO)c(F)c1. The van der Waals surface area contributed by atoms with Crippen molar-refractivity contribution in [2.45, 2.75) is 0 Å². The van der Waals surface area contributed by atoms with Gasteiger partial charge in [-0.25, -0.2) is 13.9 Å². The number of anilines is 1. The largest absolute Gasteiger partial charge is 0.452 e. The van der Waals surface area contributed by atoms with E-state index in [1.165, 1.54) is 16.9 Å². The standard InChI is InChI=1S/C11H11FN2O5S/c1-19-11(16)14-20(17,18)13-9-5-4-8(3-2-6-15)10(12)7-9/h4-5,7,13,15H,6H2,1H3,(H,14,16). The highest BCUT2D eigenvalue weighted by atomic mass is 32.2. The number of nitrogens with one attached hydrogen (secondary N) is 2. The van der Waals surface area contributed by atoms with E-state index in [9.17, 15) is 17.6 Å². The maximum Gasteiger partial charge on any atom is 0.422 e. The molecule has 20 heavy (non-hydrogen) atoms. The van der Waals surface area contributed by atoms with E-state index in [1.54, 1.807) is 0 Å². The predicted octanol–water partition coefficient (Wildman–Crippen LogP) is 0.182. The molecule has 0 aliphatic carbocycles. The van der Waals surface area contributed by atoms with Crippen LogP contribution < -0.4 is 9.44 Å². The van der Waals surface area contributed by atoms with E-state index in [0.717, 1.165) is 13.2 Å². The van der Waals surface area contributed by atoms with Crippen molar-refractivity contribution in [1.29, 1.82) is 0 Å². The van der Waals surface area contributed by atoms with Gasteiger partial charge in [-0.2, -0.15) is 8.42 Å². The van der Waals surface area contributed by atoms with Gasteiger partial charge in [0.25, 0.3) is 0 Å². The third-order valence-electron chi connectivity index (χ3n) is 1.93. The Kier molecular flexibility index (Phi) is 5.31. The van der Waals surface area contributed by atoms with Gasteiger partial charge in [0, 0.05) is 0 Å². The first-order valence-corrected chi connectivity index (χ1v) is 6.64. The maximum absolute atomic E-state index is 13.5. The Bertz CT molecular complexity index is 663. The van der Waals surface area contributed by atoms with Crippen molar-refractivity contribution in [1.82, 2.24) is 4.72 Å². The minimum Gasteiger partial charge on any atom is -0.452 e. The van der Waals surface area contributed by atoms with E-state index >= 15 is 0 Å². The van der Waals surface area contributed by atoms with E-state index < -0.39 is 28.7 Å². The van der Waals surface area contributed by atoms with E-state index in [0.29, 0.717) is 0 Å². The molecule has 0 saturated carbocycles. The quantitative estimate of drug-likeness (QED) is 0.691. The summed E-state index contributed by atoms with van der Waals surface area (Å²) in [5, 5.41) is 8.49. The van der Waals surface area contributed by atoms with Crippen LogP contribution in [-0.4, -0.2) is 33.3 Å². The van der Waals surface area contributed by atoms with Crippen LogP contribution in [0.4, 0.5) is 14.9 Å². The number of aliphatic hydroxyl groups excluding tert-OH is 1. The summed E-state index contributed by atoms with van der Waals surface area (Å²) in [6.45, 7) is -0.420. The van der Waals surface area contributed by atoms with Gasteiger partial charge < -0.3 is 9.84 Å². The molecule has 9 heteroatoms. The van der Waals surface area contributed by atoms with Crippen LogP contribution in [0.15, 0.2) is 18.2 Å². The fraction of sp³-hybridized carbons (Fsp3) is 0.182. The second-order valence-corrected chi connectivity index (χ2v) is 4.77. The highest BCUT2D eigenvalue weighted by Crippen LogP contribution is 2.14. The second-order valence-electron chi connectivity index (χ2n) is 3.35. The van der Waals surface area contributed by atoms with Crippen LogP contribution in [0.25, 0.3) is 0 Å². The first kappa shape index (κ1) is 15.7. The van der Waals surface area contributed by atoms with Crippen molar-refractivity contribution in [3.05, 3.63) is 29.6 Å². The number of aliphatic hydroxyl groups is 1. The average molecular weight is 302 g/mol. The van der Waals surface area contributed by atoms with Gasteiger partial charge in [-0.3, -0.25) is 4.72 Å². The minimum absolute atomic E-state index is 0.00271. The van der Waals surface area contributed by atoms with E-state index in [2.05, 4.69) is 16.6 Å². The number of amides is 1. The third kappa shape index (κ3) is 4.75. The molecule has 0 saturated heterocycles. The Morgan fingerprint density at radius 3 is 2.75 bits per heavy atom. The molecule has 0 aromatic heterocycles. The fourth-order valence-corrected chi connectivity index (χ4v) is 1.94. The molecule has 0 unspecified atom stereocenters. The molecule has 1 amide bonds. The number of ether oxygens (including phenoxy) is 1. The molecule has 0 spiro atoms. The monoisotopic (exact) mass is 302 g/mol. The summed E-state index contributed by atoms with van der Waals surface area (Å²) in [5.74, 6) is 3.84. The van der Waals surface area contributed by atoms with Gasteiger partial charge in [0.2, 0.25) is 0 Å². The lowest BCUT2D eigenvalue weighted by atomic mass is 10.2. The van der Waals surface area contributed by atoms with Crippen LogP contribution in [0.1, 0.15) is 5.56 Å². The molecule has 0 atom stereocenters. The van der Waals surface area contributed by atoms with Crippen LogP contribution in [-0.2, 0) is 14.9 Å². The van der Waals surface area contributed by atoms with Crippen LogP contribution in [0.2, 0.25) is 0 Å². The molecule has 0 fully saturated rings. The summed E-state index contributed by atoms with van der Waals surface area (Å²) in [6.07, 6.45) is -1.18. The smallest absolute Gasteiger partial charge is 0.422 e. The van der Waals surface area contributed by atoms with Crippen LogP contribution >= 0.6 is 0 Å². The molecular weight excluding hydrogens is 291 g/mol. The molecule has 3 N–H and O–H groups in total. The van der Waals surface area contributed by atoms with Gasteiger partial charge in [-0.1, -0.05) is 11.8 Å². The highest BCUT2D eigenvalue weighted by Gasteiger charge is 2.15. The van der Waals surface area contributed by atoms with Crippen LogP contribution in [0.5, 0.6) is 0 Å². The van der Waals surface area contributed by atoms with E-state index in [-0.39, 0.29) is 11.3 Å². The fourth-order valence-electron chi connectivity index (χ4n) is 1.15. The number of methoxy groups -OCH3 is 1. The summed E-state index contributed by atoms with van der Waals surface area (Å²) in [4.78, 5) is 10.8. The molecule has 0 aliphatic rings. The topological polar surface area (TPSA) is 105 Å². The van der Waals surface area contributed by atoms with Crippen LogP contribution in [0, 0.1) is 17.7 Å². The molecule has 108 valence electrons. The van der Waals surface area contributed by atoms with E-state index in [1.807, 2.05) is 4.72 Å². The average Bonchev–Trinajstić information content (AvgIpc) is 2.36. The van der Waals surface area contributed by atoms with Crippen molar-refractivity contribution in [3.8, 4) is 11.8 Å². The summed E-state index contributed by atoms with van der Waals surface area (Å²) in [5.41, 5.74) is -0.101. The van der Waals surface area contributed by atoms with Gasteiger partial charge >= 0.3 is 16.3 Å². The number of halogens is 1. The minimum atomic E-state index is -4.21. The lowest BCUT2D eigenvalue weighted by Crippen LogP contribution is -2.35. The highest BCUT2D eigenvalue weighted by molar-refractivity contribution is 7.91. The number of rotatable bonds is 3. The molecule has 7 nitrogen and oxygen atoms in total. The van der Waals surface area contributed by atoms with Crippen LogP contribution in [0.3, 0.4) is 0 Å². The Labute approximate surface area is 114 Å². The van der Waals surface area contributed by atoms with Crippen molar-refractivity contribution in [2.75, 3.05) is 18.4 Å². The molecular formula is C11H11FN2O5S. The lowest BCUT2D eigenvalue weighted by molar-refractivity contribution is 0.177. The Hall–Kier alpha value is -2.31. The summed E-state index contributed by atoms with van der Waals surface area (Å²) < 4.78 is 44.0. The molecule has 0 aliphatic heterocycles. The van der Waals surface area contributed by atoms with Crippen molar-refractivity contribution in [2.24, 2.45) is 0 Å². The first-order valence-electron chi connectivity index (χ1n) is 5.15. The Morgan fingerprint density at radius 2 is 2.20 bits per heavy atom. The summed E-state index contributed by atoms with van der Waals surface area (Å²) in [6, 6.07) is 3.37. The summed E-state index contributed by atoms with van der Waals surface area (Å²) in [7, 11) is -3.21. The van der Waals surface area contributed by atoms with Gasteiger partial charge in [0.1, 0.15) is 12.4 Å². The number of hydrogen-bond donors (Lipinski definition) is 3. The number of carbonyl (C=O) groups is 1. The van der Waals surface area contributed by atoms with Gasteiger partial charge in [0.15, 0.2) is 0 Å². The molecule has 0 heterocycles. The molecule has 1 aromatic carbocycles. The lowest BCUT2D eigenvalue weighted by Gasteiger charge is -2.08. The molecule has 0 bridgehead atoms. The van der Waals surface area contributed by atoms with E-state index in [4.69, 9.17) is 5.11 Å². The first-order chi connectivity index (χ1) is 9.38. The van der Waals surface area contributed by atoms with Crippen molar-refractivity contribution >= 4 is 22.0 Å². The van der Waals surface area contributed by atoms with Gasteiger partial charge in [0.05, 0.1) is 18.4 Å². The van der Waals surface area contributed by atoms with Gasteiger partial charge in [-0.15, -0.1) is 0 Å². The Morgan fingerprint density at radius 1 is 1.50 bits per heavy atom. The van der Waals surface area contributed by atoms with Crippen molar-refractivity contribution in [3.63, 3.8) is 0 Å². The normalized spacial score (nSPS) is 10.2. The molecule has 1 aromatic rings. The number of benzene rings is 1. The predicted molar refractivity (Wildman–Crippen MR) is 68.4 cm³/mol. The zero-order chi connectivity index (χ0) is 15.2.